The molecule has 0 bridgehead atoms. The molecular formula is C9H8N2. The molecule has 0 saturated heterocycles. The van der Waals surface area contributed by atoms with Gasteiger partial charge >= 0.3 is 0 Å². The van der Waals surface area contributed by atoms with Crippen LogP contribution in [0.15, 0.2) is 30.3 Å². The third kappa shape index (κ3) is 1.84. The lowest BCUT2D eigenvalue weighted by Crippen LogP contribution is -1.86. The van der Waals surface area contributed by atoms with Gasteiger partial charge in [0.15, 0.2) is 0 Å². The molecule has 1 aromatic carbocycles. The second-order valence-corrected chi connectivity index (χ2v) is 2.09. The SMILES string of the molecule is N#C/C=C/c1ccccc1N. The van der Waals surface area contributed by atoms with E-state index in [2.05, 4.69) is 0 Å². The number of anilines is 1. The smallest absolute Gasteiger partial charge is 0.0912 e. The summed E-state index contributed by atoms with van der Waals surface area (Å²) in [6.45, 7) is 0. The highest BCUT2D eigenvalue weighted by Crippen LogP contribution is 2.11. The minimum absolute atomic E-state index is 0.694. The normalized spacial score (nSPS) is 9.73. The van der Waals surface area contributed by atoms with Crippen LogP contribution in [0.1, 0.15) is 5.56 Å². The molecule has 0 aliphatic carbocycles. The summed E-state index contributed by atoms with van der Waals surface area (Å²) < 4.78 is 0. The third-order valence-corrected chi connectivity index (χ3v) is 1.33. The van der Waals surface area contributed by atoms with Crippen molar-refractivity contribution in [3.63, 3.8) is 0 Å². The summed E-state index contributed by atoms with van der Waals surface area (Å²) in [5, 5.41) is 8.24. The Morgan fingerprint density at radius 1 is 1.36 bits per heavy atom. The molecular weight excluding hydrogens is 136 g/mol. The first-order valence-electron chi connectivity index (χ1n) is 3.25. The second kappa shape index (κ2) is 3.43. The van der Waals surface area contributed by atoms with Crippen LogP contribution in [0.4, 0.5) is 5.69 Å². The highest BCUT2D eigenvalue weighted by molar-refractivity contribution is 5.65. The van der Waals surface area contributed by atoms with E-state index in [1.54, 1.807) is 12.1 Å². The van der Waals surface area contributed by atoms with Gasteiger partial charge in [0.2, 0.25) is 0 Å². The van der Waals surface area contributed by atoms with Crippen molar-refractivity contribution >= 4 is 11.8 Å². The molecule has 2 nitrogen and oxygen atoms in total. The molecule has 11 heavy (non-hydrogen) atoms. The van der Waals surface area contributed by atoms with Crippen LogP contribution < -0.4 is 5.73 Å². The van der Waals surface area contributed by atoms with Gasteiger partial charge in [0.25, 0.3) is 0 Å². The number of allylic oxidation sites excluding steroid dienone is 1. The lowest BCUT2D eigenvalue weighted by atomic mass is 10.2. The van der Waals surface area contributed by atoms with Crippen molar-refractivity contribution in [2.75, 3.05) is 5.73 Å². The molecule has 0 aromatic heterocycles. The van der Waals surface area contributed by atoms with E-state index in [1.807, 2.05) is 24.3 Å². The van der Waals surface area contributed by atoms with Crippen LogP contribution in [0.3, 0.4) is 0 Å². The van der Waals surface area contributed by atoms with Gasteiger partial charge < -0.3 is 5.73 Å². The van der Waals surface area contributed by atoms with Gasteiger partial charge in [0.05, 0.1) is 6.07 Å². The summed E-state index contributed by atoms with van der Waals surface area (Å²) in [7, 11) is 0. The average molecular weight is 144 g/mol. The number of rotatable bonds is 1. The fourth-order valence-electron chi connectivity index (χ4n) is 0.790. The number of hydrogen-bond acceptors (Lipinski definition) is 2. The molecule has 0 aliphatic rings. The number of nitriles is 1. The molecule has 2 N–H and O–H groups in total. The Hall–Kier alpha value is -1.75. The minimum atomic E-state index is 0.694. The zero-order chi connectivity index (χ0) is 8.10. The zero-order valence-electron chi connectivity index (χ0n) is 5.99. The van der Waals surface area contributed by atoms with Gasteiger partial charge in [-0.15, -0.1) is 0 Å². The third-order valence-electron chi connectivity index (χ3n) is 1.33. The molecule has 0 amide bonds. The standard InChI is InChI=1S/C9H8N2/c10-7-3-5-8-4-1-2-6-9(8)11/h1-6H,11H2/b5-3+. The maximum Gasteiger partial charge on any atom is 0.0912 e. The van der Waals surface area contributed by atoms with Gasteiger partial charge in [-0.1, -0.05) is 18.2 Å². The first kappa shape index (κ1) is 7.36. The maximum atomic E-state index is 8.24. The Labute approximate surface area is 65.6 Å². The highest BCUT2D eigenvalue weighted by atomic mass is 14.5. The van der Waals surface area contributed by atoms with Crippen molar-refractivity contribution in [3.05, 3.63) is 35.9 Å². The van der Waals surface area contributed by atoms with Crippen molar-refractivity contribution in [1.29, 1.82) is 5.26 Å². The van der Waals surface area contributed by atoms with Crippen molar-refractivity contribution in [1.82, 2.24) is 0 Å². The van der Waals surface area contributed by atoms with E-state index in [0.29, 0.717) is 5.69 Å². The van der Waals surface area contributed by atoms with Gasteiger partial charge in [-0.25, -0.2) is 0 Å². The predicted octanol–water partition coefficient (Wildman–Crippen LogP) is 1.81. The summed E-state index contributed by atoms with van der Waals surface area (Å²) in [6, 6.07) is 9.32. The van der Waals surface area contributed by atoms with Gasteiger partial charge in [0, 0.05) is 11.8 Å². The molecule has 0 unspecified atom stereocenters. The fourth-order valence-corrected chi connectivity index (χ4v) is 0.790. The summed E-state index contributed by atoms with van der Waals surface area (Å²) in [6.07, 6.45) is 3.10. The van der Waals surface area contributed by atoms with Crippen LogP contribution in [-0.4, -0.2) is 0 Å². The first-order valence-corrected chi connectivity index (χ1v) is 3.25. The molecule has 2 heteroatoms. The predicted molar refractivity (Wildman–Crippen MR) is 45.5 cm³/mol. The topological polar surface area (TPSA) is 49.8 Å². The monoisotopic (exact) mass is 144 g/mol. The van der Waals surface area contributed by atoms with E-state index in [-0.39, 0.29) is 0 Å². The Morgan fingerprint density at radius 3 is 2.73 bits per heavy atom. The summed E-state index contributed by atoms with van der Waals surface area (Å²) in [4.78, 5) is 0. The summed E-state index contributed by atoms with van der Waals surface area (Å²) >= 11 is 0. The number of hydrogen-bond donors (Lipinski definition) is 1. The quantitative estimate of drug-likeness (QED) is 0.482. The minimum Gasteiger partial charge on any atom is -0.398 e. The Morgan fingerprint density at radius 2 is 2.09 bits per heavy atom. The van der Waals surface area contributed by atoms with Crippen LogP contribution in [0.2, 0.25) is 0 Å². The maximum absolute atomic E-state index is 8.24. The van der Waals surface area contributed by atoms with E-state index in [1.165, 1.54) is 6.08 Å². The van der Waals surface area contributed by atoms with E-state index >= 15 is 0 Å². The van der Waals surface area contributed by atoms with Gasteiger partial charge in [-0.2, -0.15) is 5.26 Å². The van der Waals surface area contributed by atoms with Crippen molar-refractivity contribution in [2.24, 2.45) is 0 Å². The molecule has 0 saturated carbocycles. The van der Waals surface area contributed by atoms with Crippen LogP contribution in [0.25, 0.3) is 6.08 Å². The van der Waals surface area contributed by atoms with Crippen molar-refractivity contribution in [2.45, 2.75) is 0 Å². The molecule has 1 aromatic rings. The second-order valence-electron chi connectivity index (χ2n) is 2.09. The number of benzene rings is 1. The van der Waals surface area contributed by atoms with Gasteiger partial charge in [-0.05, 0) is 17.7 Å². The summed E-state index contributed by atoms with van der Waals surface area (Å²) in [5.41, 5.74) is 7.18. The number of nitrogens with two attached hydrogens (primary N) is 1. The van der Waals surface area contributed by atoms with Crippen molar-refractivity contribution < 1.29 is 0 Å². The number of nitrogen functional groups attached to an aromatic ring is 1. The van der Waals surface area contributed by atoms with E-state index in [0.717, 1.165) is 5.56 Å². The highest BCUT2D eigenvalue weighted by Gasteiger charge is 1.89. The van der Waals surface area contributed by atoms with Crippen molar-refractivity contribution in [3.8, 4) is 6.07 Å². The molecule has 0 atom stereocenters. The largest absolute Gasteiger partial charge is 0.398 e. The van der Waals surface area contributed by atoms with Crippen LogP contribution >= 0.6 is 0 Å². The lowest BCUT2D eigenvalue weighted by Gasteiger charge is -1.95. The molecule has 1 rings (SSSR count). The number of para-hydroxylation sites is 1. The van der Waals surface area contributed by atoms with E-state index in [4.69, 9.17) is 11.0 Å². The number of nitrogens with zero attached hydrogens (tertiary/aromatic N) is 1. The lowest BCUT2D eigenvalue weighted by molar-refractivity contribution is 1.54. The van der Waals surface area contributed by atoms with Gasteiger partial charge in [0.1, 0.15) is 0 Å². The average Bonchev–Trinajstić information content (AvgIpc) is 2.03. The molecule has 0 aliphatic heterocycles. The molecule has 0 spiro atoms. The molecule has 0 radical (unpaired) electrons. The fraction of sp³-hybridized carbons (Fsp3) is 0. The Bertz CT molecular complexity index is 308. The van der Waals surface area contributed by atoms with Crippen LogP contribution in [-0.2, 0) is 0 Å². The zero-order valence-corrected chi connectivity index (χ0v) is 5.99. The first-order chi connectivity index (χ1) is 5.34. The Balaban J connectivity index is 2.97. The van der Waals surface area contributed by atoms with Crippen LogP contribution in [0, 0.1) is 11.3 Å². The molecule has 54 valence electrons. The van der Waals surface area contributed by atoms with Crippen LogP contribution in [0.5, 0.6) is 0 Å². The van der Waals surface area contributed by atoms with Gasteiger partial charge in [-0.3, -0.25) is 0 Å². The molecule has 0 fully saturated rings. The Kier molecular flexibility index (Phi) is 2.29. The van der Waals surface area contributed by atoms with E-state index in [9.17, 15) is 0 Å². The van der Waals surface area contributed by atoms with E-state index < -0.39 is 0 Å². The molecule has 0 heterocycles. The summed E-state index contributed by atoms with van der Waals surface area (Å²) in [5.74, 6) is 0.